The lowest BCUT2D eigenvalue weighted by atomic mass is 10.2. The third kappa shape index (κ3) is 2.27. The van der Waals surface area contributed by atoms with Gasteiger partial charge in [0, 0.05) is 18.0 Å². The predicted octanol–water partition coefficient (Wildman–Crippen LogP) is 2.21. The molecule has 0 bridgehead atoms. The first kappa shape index (κ1) is 11.7. The number of imidazole rings is 1. The number of fused-ring (bicyclic) bond motifs is 1. The molecule has 6 nitrogen and oxygen atoms in total. The third-order valence-electron chi connectivity index (χ3n) is 2.61. The fourth-order valence-electron chi connectivity index (χ4n) is 1.69. The number of urea groups is 1. The number of nitrogens with one attached hydrogen (secondary N) is 2. The summed E-state index contributed by atoms with van der Waals surface area (Å²) in [6.45, 7) is 0. The van der Waals surface area contributed by atoms with Crippen molar-refractivity contribution in [2.24, 2.45) is 0 Å². The van der Waals surface area contributed by atoms with Gasteiger partial charge in [0.1, 0.15) is 0 Å². The van der Waals surface area contributed by atoms with E-state index in [0.717, 1.165) is 11.3 Å². The Morgan fingerprint density at radius 2 is 2.26 bits per heavy atom. The molecule has 0 saturated carbocycles. The van der Waals surface area contributed by atoms with E-state index in [2.05, 4.69) is 20.7 Å². The van der Waals surface area contributed by atoms with Gasteiger partial charge in [-0.25, -0.2) is 14.3 Å². The van der Waals surface area contributed by atoms with Gasteiger partial charge in [0.2, 0.25) is 0 Å². The number of carbonyl (C=O) groups excluding carboxylic acids is 1. The van der Waals surface area contributed by atoms with Gasteiger partial charge >= 0.3 is 6.03 Å². The number of thiophene rings is 1. The smallest absolute Gasteiger partial charge is 0.320 e. The van der Waals surface area contributed by atoms with Crippen LogP contribution in [0.1, 0.15) is 0 Å². The van der Waals surface area contributed by atoms with E-state index in [9.17, 15) is 4.79 Å². The van der Waals surface area contributed by atoms with Gasteiger partial charge in [-0.15, -0.1) is 0 Å². The highest BCUT2D eigenvalue weighted by Gasteiger charge is 2.07. The summed E-state index contributed by atoms with van der Waals surface area (Å²) < 4.78 is 1.65. The second kappa shape index (κ2) is 4.69. The molecule has 0 saturated heterocycles. The molecular formula is C12H11N5OS. The summed E-state index contributed by atoms with van der Waals surface area (Å²) in [5.74, 6) is 0.467. The Morgan fingerprint density at radius 1 is 1.37 bits per heavy atom. The van der Waals surface area contributed by atoms with Crippen molar-refractivity contribution in [3.05, 3.63) is 35.2 Å². The van der Waals surface area contributed by atoms with E-state index in [4.69, 9.17) is 0 Å². The lowest BCUT2D eigenvalue weighted by Crippen LogP contribution is -2.24. The number of carbonyl (C=O) groups is 1. The zero-order chi connectivity index (χ0) is 13.2. The molecule has 0 atom stereocenters. The minimum absolute atomic E-state index is 0.304. The summed E-state index contributed by atoms with van der Waals surface area (Å²) in [6.07, 6.45) is 1.68. The van der Waals surface area contributed by atoms with Gasteiger partial charge in [-0.1, -0.05) is 0 Å². The van der Waals surface area contributed by atoms with E-state index in [1.807, 2.05) is 29.0 Å². The zero-order valence-corrected chi connectivity index (χ0v) is 10.9. The molecule has 2 amide bonds. The molecule has 3 aromatic heterocycles. The van der Waals surface area contributed by atoms with E-state index in [-0.39, 0.29) is 6.03 Å². The van der Waals surface area contributed by atoms with Gasteiger partial charge in [0.05, 0.1) is 11.9 Å². The molecule has 0 fully saturated rings. The number of amides is 2. The molecule has 0 spiro atoms. The predicted molar refractivity (Wildman–Crippen MR) is 74.4 cm³/mol. The Hall–Kier alpha value is -2.41. The maximum atomic E-state index is 11.2. The molecule has 7 heteroatoms. The van der Waals surface area contributed by atoms with Crippen molar-refractivity contribution in [3.63, 3.8) is 0 Å². The van der Waals surface area contributed by atoms with Crippen LogP contribution in [-0.2, 0) is 0 Å². The highest BCUT2D eigenvalue weighted by atomic mass is 32.1. The van der Waals surface area contributed by atoms with Crippen LogP contribution in [0.5, 0.6) is 0 Å². The molecule has 3 rings (SSSR count). The van der Waals surface area contributed by atoms with Gasteiger partial charge < -0.3 is 5.32 Å². The van der Waals surface area contributed by atoms with Crippen molar-refractivity contribution in [1.82, 2.24) is 19.9 Å². The quantitative estimate of drug-likeness (QED) is 0.752. The summed E-state index contributed by atoms with van der Waals surface area (Å²) in [7, 11) is 1.55. The molecule has 96 valence electrons. The maximum Gasteiger partial charge on any atom is 0.320 e. The fraction of sp³-hybridized carbons (Fsp3) is 0.0833. The maximum absolute atomic E-state index is 11.2. The van der Waals surface area contributed by atoms with Crippen LogP contribution < -0.4 is 10.6 Å². The first-order valence-electron chi connectivity index (χ1n) is 5.64. The van der Waals surface area contributed by atoms with Gasteiger partial charge in [0.25, 0.3) is 0 Å². The first-order chi connectivity index (χ1) is 9.26. The first-order valence-corrected chi connectivity index (χ1v) is 6.58. The summed E-state index contributed by atoms with van der Waals surface area (Å²) >= 11 is 1.63. The average Bonchev–Trinajstić information content (AvgIpc) is 3.06. The van der Waals surface area contributed by atoms with E-state index >= 15 is 0 Å². The Bertz CT molecular complexity index is 719. The second-order valence-electron chi connectivity index (χ2n) is 3.86. The highest BCUT2D eigenvalue weighted by molar-refractivity contribution is 7.08. The Labute approximate surface area is 113 Å². The second-order valence-corrected chi connectivity index (χ2v) is 4.64. The van der Waals surface area contributed by atoms with E-state index in [1.54, 1.807) is 29.1 Å². The average molecular weight is 273 g/mol. The topological polar surface area (TPSA) is 71.3 Å². The molecule has 0 aliphatic carbocycles. The number of aromatic nitrogens is 3. The summed E-state index contributed by atoms with van der Waals surface area (Å²) in [5.41, 5.74) is 2.63. The minimum atomic E-state index is -0.304. The molecule has 3 aromatic rings. The van der Waals surface area contributed by atoms with Crippen molar-refractivity contribution in [2.75, 3.05) is 12.4 Å². The van der Waals surface area contributed by atoms with E-state index in [1.165, 1.54) is 0 Å². The van der Waals surface area contributed by atoms with Crippen molar-refractivity contribution < 1.29 is 4.79 Å². The molecule has 0 aromatic carbocycles. The van der Waals surface area contributed by atoms with Crippen LogP contribution in [0.2, 0.25) is 0 Å². The van der Waals surface area contributed by atoms with Crippen LogP contribution >= 0.6 is 11.3 Å². The molecule has 3 heterocycles. The number of hydrogen-bond acceptors (Lipinski definition) is 4. The van der Waals surface area contributed by atoms with Crippen LogP contribution in [0.15, 0.2) is 35.2 Å². The number of anilines is 1. The lowest BCUT2D eigenvalue weighted by molar-refractivity contribution is 0.254. The van der Waals surface area contributed by atoms with Crippen molar-refractivity contribution >= 4 is 28.8 Å². The van der Waals surface area contributed by atoms with Crippen molar-refractivity contribution in [2.45, 2.75) is 0 Å². The van der Waals surface area contributed by atoms with Crippen LogP contribution in [-0.4, -0.2) is 27.7 Å². The molecule has 19 heavy (non-hydrogen) atoms. The Morgan fingerprint density at radius 3 is 3.00 bits per heavy atom. The molecular weight excluding hydrogens is 262 g/mol. The molecule has 0 aliphatic heterocycles. The SMILES string of the molecule is CNC(=O)Nc1cn2nc(-c3ccsc3)ccc2n1. The van der Waals surface area contributed by atoms with Gasteiger partial charge in [-0.3, -0.25) is 5.32 Å². The van der Waals surface area contributed by atoms with Crippen molar-refractivity contribution in [1.29, 1.82) is 0 Å². The molecule has 0 aliphatic rings. The fourth-order valence-corrected chi connectivity index (χ4v) is 2.33. The van der Waals surface area contributed by atoms with Crippen LogP contribution in [0.25, 0.3) is 16.9 Å². The van der Waals surface area contributed by atoms with Gasteiger partial charge in [0.15, 0.2) is 11.5 Å². The monoisotopic (exact) mass is 273 g/mol. The standard InChI is InChI=1S/C12H11N5OS/c1-13-12(18)15-10-6-17-11(14-10)3-2-9(16-17)8-4-5-19-7-8/h2-7H,1H3,(H2,13,15,18). The van der Waals surface area contributed by atoms with E-state index < -0.39 is 0 Å². The summed E-state index contributed by atoms with van der Waals surface area (Å²) in [5, 5.41) is 13.6. The van der Waals surface area contributed by atoms with Crippen LogP contribution in [0, 0.1) is 0 Å². The minimum Gasteiger partial charge on any atom is -0.341 e. The zero-order valence-electron chi connectivity index (χ0n) is 10.1. The Kier molecular flexibility index (Phi) is 2.88. The molecule has 2 N–H and O–H groups in total. The number of hydrogen-bond donors (Lipinski definition) is 2. The summed E-state index contributed by atoms with van der Waals surface area (Å²) in [6, 6.07) is 5.49. The highest BCUT2D eigenvalue weighted by Crippen LogP contribution is 2.20. The summed E-state index contributed by atoms with van der Waals surface area (Å²) in [4.78, 5) is 15.5. The van der Waals surface area contributed by atoms with Gasteiger partial charge in [-0.05, 0) is 23.6 Å². The van der Waals surface area contributed by atoms with Crippen LogP contribution in [0.4, 0.5) is 10.6 Å². The normalized spacial score (nSPS) is 10.6. The van der Waals surface area contributed by atoms with Gasteiger partial charge in [-0.2, -0.15) is 16.4 Å². The molecule has 0 radical (unpaired) electrons. The molecule has 0 unspecified atom stereocenters. The van der Waals surface area contributed by atoms with E-state index in [0.29, 0.717) is 11.5 Å². The third-order valence-corrected chi connectivity index (χ3v) is 3.29. The number of rotatable bonds is 2. The number of nitrogens with zero attached hydrogens (tertiary/aromatic N) is 3. The largest absolute Gasteiger partial charge is 0.341 e. The lowest BCUT2D eigenvalue weighted by Gasteiger charge is -1.97. The van der Waals surface area contributed by atoms with Crippen LogP contribution in [0.3, 0.4) is 0 Å². The Balaban J connectivity index is 1.97. The van der Waals surface area contributed by atoms with Crippen molar-refractivity contribution in [3.8, 4) is 11.3 Å².